The highest BCUT2D eigenvalue weighted by molar-refractivity contribution is 6.31. The summed E-state index contributed by atoms with van der Waals surface area (Å²) < 4.78 is 0. The normalized spacial score (nSPS) is 11.7. The van der Waals surface area contributed by atoms with E-state index in [1.165, 1.54) is 0 Å². The van der Waals surface area contributed by atoms with E-state index in [1.54, 1.807) is 0 Å². The van der Waals surface area contributed by atoms with Crippen molar-refractivity contribution in [2.45, 2.75) is 26.2 Å². The predicted octanol–water partition coefficient (Wildman–Crippen LogP) is 5.05. The molecule has 3 aromatic rings. The van der Waals surface area contributed by atoms with Gasteiger partial charge in [-0.25, -0.2) is 0 Å². The molecule has 1 amide bonds. The zero-order chi connectivity index (χ0) is 16.6. The molecule has 1 aromatic heterocycles. The first-order valence-electron chi connectivity index (χ1n) is 7.53. The van der Waals surface area contributed by atoms with Crippen LogP contribution < -0.4 is 5.32 Å². The molecule has 0 unspecified atom stereocenters. The predicted molar refractivity (Wildman–Crippen MR) is 96.1 cm³/mol. The summed E-state index contributed by atoms with van der Waals surface area (Å²) in [6.45, 7) is 5.84. The van der Waals surface area contributed by atoms with Crippen LogP contribution in [-0.4, -0.2) is 10.9 Å². The van der Waals surface area contributed by atoms with Crippen LogP contribution in [0.1, 0.15) is 25.0 Å². The van der Waals surface area contributed by atoms with E-state index in [2.05, 4.69) is 10.3 Å². The van der Waals surface area contributed by atoms with Crippen molar-refractivity contribution in [3.8, 4) is 0 Å². The molecule has 3 rings (SSSR count). The van der Waals surface area contributed by atoms with E-state index in [1.807, 2.05) is 69.4 Å². The van der Waals surface area contributed by atoms with Gasteiger partial charge in [0.15, 0.2) is 0 Å². The second-order valence-corrected chi connectivity index (χ2v) is 6.78. The Bertz CT molecular complexity index is 880. The lowest BCUT2D eigenvalue weighted by atomic mass is 9.83. The Morgan fingerprint density at radius 2 is 1.96 bits per heavy atom. The maximum atomic E-state index is 12.8. The van der Waals surface area contributed by atoms with E-state index >= 15 is 0 Å². The summed E-state index contributed by atoms with van der Waals surface area (Å²) in [5.41, 5.74) is 3.13. The van der Waals surface area contributed by atoms with Crippen LogP contribution in [0.25, 0.3) is 10.9 Å². The van der Waals surface area contributed by atoms with Gasteiger partial charge in [-0.15, -0.1) is 0 Å². The van der Waals surface area contributed by atoms with E-state index < -0.39 is 5.41 Å². The van der Waals surface area contributed by atoms with Crippen LogP contribution in [0.4, 0.5) is 5.69 Å². The van der Waals surface area contributed by atoms with Crippen molar-refractivity contribution >= 4 is 34.1 Å². The average Bonchev–Trinajstić information content (AvgIpc) is 2.90. The van der Waals surface area contributed by atoms with Gasteiger partial charge in [0.2, 0.25) is 5.91 Å². The summed E-state index contributed by atoms with van der Waals surface area (Å²) in [5, 5.41) is 4.64. The number of fused-ring (bicyclic) bond motifs is 1. The zero-order valence-electron chi connectivity index (χ0n) is 13.4. The number of hydrogen-bond donors (Lipinski definition) is 2. The molecule has 1 heterocycles. The van der Waals surface area contributed by atoms with Crippen LogP contribution >= 0.6 is 11.6 Å². The van der Waals surface area contributed by atoms with Gasteiger partial charge >= 0.3 is 0 Å². The number of carbonyl (C=O) groups excluding carboxylic acids is 1. The van der Waals surface area contributed by atoms with E-state index in [0.29, 0.717) is 5.02 Å². The standard InChI is InChI=1S/C19H19ClN2O/c1-12-5-4-6-14(9-12)22-18(23)19(2,3)16-11-21-17-8-7-13(20)10-15(16)17/h4-11,21H,1-3H3,(H,22,23). The van der Waals surface area contributed by atoms with Crippen molar-refractivity contribution in [3.05, 3.63) is 64.8 Å². The van der Waals surface area contributed by atoms with Gasteiger partial charge in [-0.05, 0) is 62.2 Å². The number of aromatic amines is 1. The molecule has 0 spiro atoms. The van der Waals surface area contributed by atoms with Gasteiger partial charge < -0.3 is 10.3 Å². The van der Waals surface area contributed by atoms with Crippen molar-refractivity contribution in [1.82, 2.24) is 4.98 Å². The fourth-order valence-corrected chi connectivity index (χ4v) is 2.91. The number of aryl methyl sites for hydroxylation is 1. The summed E-state index contributed by atoms with van der Waals surface area (Å²) in [6.07, 6.45) is 1.89. The number of aromatic nitrogens is 1. The van der Waals surface area contributed by atoms with Gasteiger partial charge in [-0.2, -0.15) is 0 Å². The molecule has 23 heavy (non-hydrogen) atoms. The number of benzene rings is 2. The van der Waals surface area contributed by atoms with Gasteiger partial charge in [0.1, 0.15) is 0 Å². The molecule has 0 saturated heterocycles. The van der Waals surface area contributed by atoms with E-state index in [9.17, 15) is 4.79 Å². The Labute approximate surface area is 140 Å². The SMILES string of the molecule is Cc1cccc(NC(=O)C(C)(C)c2c[nH]c3ccc(Cl)cc23)c1. The zero-order valence-corrected chi connectivity index (χ0v) is 14.2. The van der Waals surface area contributed by atoms with Crippen LogP contribution in [0.5, 0.6) is 0 Å². The number of carbonyl (C=O) groups is 1. The number of hydrogen-bond acceptors (Lipinski definition) is 1. The minimum Gasteiger partial charge on any atom is -0.361 e. The topological polar surface area (TPSA) is 44.9 Å². The first-order chi connectivity index (χ1) is 10.9. The minimum atomic E-state index is -0.688. The summed E-state index contributed by atoms with van der Waals surface area (Å²) in [5.74, 6) is -0.0519. The Hall–Kier alpha value is -2.26. The first kappa shape index (κ1) is 15.6. The average molecular weight is 327 g/mol. The fraction of sp³-hybridized carbons (Fsp3) is 0.211. The molecule has 4 heteroatoms. The minimum absolute atomic E-state index is 0.0519. The molecule has 0 aliphatic rings. The molecule has 118 valence electrons. The van der Waals surface area contributed by atoms with Gasteiger partial charge in [0.05, 0.1) is 5.41 Å². The second kappa shape index (κ2) is 5.74. The lowest BCUT2D eigenvalue weighted by Gasteiger charge is -2.23. The van der Waals surface area contributed by atoms with Gasteiger partial charge in [-0.3, -0.25) is 4.79 Å². The smallest absolute Gasteiger partial charge is 0.234 e. The number of amides is 1. The van der Waals surface area contributed by atoms with E-state index in [0.717, 1.165) is 27.7 Å². The van der Waals surface area contributed by atoms with E-state index in [4.69, 9.17) is 11.6 Å². The summed E-state index contributed by atoms with van der Waals surface area (Å²) in [7, 11) is 0. The van der Waals surface area contributed by atoms with Crippen LogP contribution in [0.2, 0.25) is 5.02 Å². The highest BCUT2D eigenvalue weighted by atomic mass is 35.5. The van der Waals surface area contributed by atoms with Crippen molar-refractivity contribution in [3.63, 3.8) is 0 Å². The van der Waals surface area contributed by atoms with Crippen LogP contribution in [-0.2, 0) is 10.2 Å². The summed E-state index contributed by atoms with van der Waals surface area (Å²) in [4.78, 5) is 16.0. The third kappa shape index (κ3) is 2.97. The monoisotopic (exact) mass is 326 g/mol. The number of H-pyrrole nitrogens is 1. The first-order valence-corrected chi connectivity index (χ1v) is 7.91. The molecule has 0 atom stereocenters. The van der Waals surface area contributed by atoms with Crippen LogP contribution in [0, 0.1) is 6.92 Å². The third-order valence-corrected chi connectivity index (χ3v) is 4.40. The number of halogens is 1. The quantitative estimate of drug-likeness (QED) is 0.695. The molecule has 0 aliphatic carbocycles. The molecule has 3 nitrogen and oxygen atoms in total. The molecule has 2 N–H and O–H groups in total. The summed E-state index contributed by atoms with van der Waals surface area (Å²) >= 11 is 6.11. The molecular formula is C19H19ClN2O. The lowest BCUT2D eigenvalue weighted by Crippen LogP contribution is -2.34. The highest BCUT2D eigenvalue weighted by Crippen LogP contribution is 2.33. The molecule has 0 aliphatic heterocycles. The van der Waals surface area contributed by atoms with Crippen molar-refractivity contribution in [1.29, 1.82) is 0 Å². The Morgan fingerprint density at radius 3 is 2.70 bits per heavy atom. The van der Waals surface area contributed by atoms with Crippen LogP contribution in [0.3, 0.4) is 0 Å². The van der Waals surface area contributed by atoms with Gasteiger partial charge in [0.25, 0.3) is 0 Å². The van der Waals surface area contributed by atoms with Crippen LogP contribution in [0.15, 0.2) is 48.7 Å². The largest absolute Gasteiger partial charge is 0.361 e. The maximum Gasteiger partial charge on any atom is 0.234 e. The van der Waals surface area contributed by atoms with E-state index in [-0.39, 0.29) is 5.91 Å². The molecule has 0 radical (unpaired) electrons. The number of rotatable bonds is 3. The second-order valence-electron chi connectivity index (χ2n) is 6.34. The third-order valence-electron chi connectivity index (χ3n) is 4.16. The maximum absolute atomic E-state index is 12.8. The number of anilines is 1. The Kier molecular flexibility index (Phi) is 3.90. The van der Waals surface area contributed by atoms with Crippen molar-refractivity contribution in [2.75, 3.05) is 5.32 Å². The Morgan fingerprint density at radius 1 is 1.17 bits per heavy atom. The molecule has 0 bridgehead atoms. The van der Waals surface area contributed by atoms with Gasteiger partial charge in [0, 0.05) is 27.8 Å². The fourth-order valence-electron chi connectivity index (χ4n) is 2.74. The Balaban J connectivity index is 1.96. The lowest BCUT2D eigenvalue weighted by molar-refractivity contribution is -0.120. The molecule has 2 aromatic carbocycles. The van der Waals surface area contributed by atoms with Crippen molar-refractivity contribution in [2.24, 2.45) is 0 Å². The van der Waals surface area contributed by atoms with Gasteiger partial charge in [-0.1, -0.05) is 23.7 Å². The highest BCUT2D eigenvalue weighted by Gasteiger charge is 2.32. The van der Waals surface area contributed by atoms with Crippen molar-refractivity contribution < 1.29 is 4.79 Å². The molecular weight excluding hydrogens is 308 g/mol. The summed E-state index contributed by atoms with van der Waals surface area (Å²) in [6, 6.07) is 13.4. The number of nitrogens with one attached hydrogen (secondary N) is 2. The molecule has 0 saturated carbocycles. The molecule has 0 fully saturated rings.